The highest BCUT2D eigenvalue weighted by Gasteiger charge is 2.37. The molecule has 2 aromatic rings. The number of benzene rings is 1. The number of aromatic nitrogens is 2. The summed E-state index contributed by atoms with van der Waals surface area (Å²) in [5, 5.41) is 37.4. The van der Waals surface area contributed by atoms with Gasteiger partial charge in [-0.05, 0) is 64.2 Å². The number of amidine groups is 1. The van der Waals surface area contributed by atoms with Crippen LogP contribution in [0.1, 0.15) is 25.5 Å². The third-order valence-electron chi connectivity index (χ3n) is 4.03. The zero-order valence-corrected chi connectivity index (χ0v) is 17.3. The van der Waals surface area contributed by atoms with Crippen LogP contribution < -0.4 is 16.0 Å². The van der Waals surface area contributed by atoms with Crippen LogP contribution in [0.5, 0.6) is 0 Å². The van der Waals surface area contributed by atoms with Gasteiger partial charge in [0, 0.05) is 23.5 Å². The molecule has 5 N–H and O–H groups in total. The molecule has 9 nitrogen and oxygen atoms in total. The van der Waals surface area contributed by atoms with Crippen molar-refractivity contribution in [1.82, 2.24) is 20.9 Å². The Balaban J connectivity index is 1.54. The lowest BCUT2D eigenvalue weighted by Gasteiger charge is -2.15. The maximum atomic E-state index is 13.4. The smallest absolute Gasteiger partial charge is 0.202 e. The van der Waals surface area contributed by atoms with Crippen molar-refractivity contribution in [3.63, 3.8) is 0 Å². The Morgan fingerprint density at radius 3 is 2.93 bits per heavy atom. The molecule has 1 aliphatic carbocycles. The van der Waals surface area contributed by atoms with Crippen molar-refractivity contribution >= 4 is 45.2 Å². The molecule has 0 unspecified atom stereocenters. The number of nitrogens with zero attached hydrogens (tertiary/aromatic N) is 3. The molecule has 0 spiro atoms. The second-order valence-electron chi connectivity index (χ2n) is 6.46. The minimum Gasteiger partial charge on any atom is -0.409 e. The summed E-state index contributed by atoms with van der Waals surface area (Å²) in [6, 6.07) is 4.27. The fourth-order valence-electron chi connectivity index (χ4n) is 2.24. The van der Waals surface area contributed by atoms with Gasteiger partial charge in [-0.2, -0.15) is 0 Å². The minimum atomic E-state index is -0.407. The fraction of sp³-hybridized carbons (Fsp3) is 0.375. The SMILES string of the molecule is CC1(NC(=N)NCCSc2nonc2/C(=N/O)Nc2ccc(F)c(Br)c2)CC1. The number of anilines is 1. The van der Waals surface area contributed by atoms with E-state index in [2.05, 4.69) is 54.3 Å². The zero-order chi connectivity index (χ0) is 20.1. The van der Waals surface area contributed by atoms with E-state index in [-0.39, 0.29) is 21.5 Å². The molecule has 12 heteroatoms. The van der Waals surface area contributed by atoms with Crippen LogP contribution >= 0.6 is 27.7 Å². The molecule has 0 bridgehead atoms. The lowest BCUT2D eigenvalue weighted by Crippen LogP contribution is -2.43. The topological polar surface area (TPSA) is 131 Å². The van der Waals surface area contributed by atoms with Crippen molar-refractivity contribution in [3.05, 3.63) is 34.2 Å². The summed E-state index contributed by atoms with van der Waals surface area (Å²) >= 11 is 4.43. The molecule has 1 saturated carbocycles. The first-order valence-electron chi connectivity index (χ1n) is 8.41. The van der Waals surface area contributed by atoms with Crippen LogP contribution in [0.4, 0.5) is 10.1 Å². The van der Waals surface area contributed by atoms with Crippen LogP contribution in [0, 0.1) is 11.2 Å². The lowest BCUT2D eigenvalue weighted by molar-refractivity contribution is 0.297. The number of hydrogen-bond acceptors (Lipinski definition) is 7. The quantitative estimate of drug-likeness (QED) is 0.104. The predicted octanol–water partition coefficient (Wildman–Crippen LogP) is 2.98. The Bertz CT molecular complexity index is 888. The average molecular weight is 472 g/mol. The maximum Gasteiger partial charge on any atom is 0.202 e. The van der Waals surface area contributed by atoms with Gasteiger partial charge in [-0.1, -0.05) is 16.9 Å². The molecule has 0 saturated heterocycles. The number of thioether (sulfide) groups is 1. The average Bonchev–Trinajstić information content (AvgIpc) is 3.20. The third kappa shape index (κ3) is 5.35. The molecule has 28 heavy (non-hydrogen) atoms. The summed E-state index contributed by atoms with van der Waals surface area (Å²) in [5.74, 6) is 0.491. The van der Waals surface area contributed by atoms with Gasteiger partial charge in [0.15, 0.2) is 16.7 Å². The van der Waals surface area contributed by atoms with E-state index in [1.54, 1.807) is 0 Å². The molecular weight excluding hydrogens is 453 g/mol. The third-order valence-corrected chi connectivity index (χ3v) is 5.59. The van der Waals surface area contributed by atoms with E-state index in [4.69, 9.17) is 10.0 Å². The van der Waals surface area contributed by atoms with E-state index in [9.17, 15) is 9.60 Å². The highest BCUT2D eigenvalue weighted by Crippen LogP contribution is 2.33. The molecule has 3 rings (SSSR count). The maximum absolute atomic E-state index is 13.4. The van der Waals surface area contributed by atoms with Crippen molar-refractivity contribution < 1.29 is 14.2 Å². The van der Waals surface area contributed by atoms with Crippen LogP contribution in [-0.4, -0.2) is 45.2 Å². The second-order valence-corrected chi connectivity index (χ2v) is 8.39. The molecule has 1 heterocycles. The van der Waals surface area contributed by atoms with E-state index >= 15 is 0 Å². The van der Waals surface area contributed by atoms with Crippen LogP contribution in [-0.2, 0) is 0 Å². The van der Waals surface area contributed by atoms with Gasteiger partial charge in [-0.15, -0.1) is 0 Å². The molecule has 0 aliphatic heterocycles. The van der Waals surface area contributed by atoms with Gasteiger partial charge < -0.3 is 21.2 Å². The Morgan fingerprint density at radius 2 is 2.25 bits per heavy atom. The second kappa shape index (κ2) is 8.78. The number of rotatable bonds is 7. The Hall–Kier alpha value is -2.34. The van der Waals surface area contributed by atoms with E-state index < -0.39 is 5.82 Å². The molecule has 1 aromatic heterocycles. The fourth-order valence-corrected chi connectivity index (χ4v) is 3.38. The van der Waals surface area contributed by atoms with Crippen LogP contribution in [0.25, 0.3) is 0 Å². The molecule has 150 valence electrons. The standard InChI is InChI=1S/C16H19BrFN7O2S/c1-16(4-5-16)22-15(19)20-6-7-28-14-12(24-27-25-14)13(23-26)21-9-2-3-11(18)10(17)8-9/h2-3,8,26H,4-7H2,1H3,(H,21,23)(H3,19,20,22). The van der Waals surface area contributed by atoms with E-state index in [0.29, 0.717) is 29.0 Å². The summed E-state index contributed by atoms with van der Waals surface area (Å²) in [5.41, 5.74) is 0.773. The normalized spacial score (nSPS) is 15.2. The largest absolute Gasteiger partial charge is 0.409 e. The number of hydrogen-bond donors (Lipinski definition) is 5. The monoisotopic (exact) mass is 471 g/mol. The number of nitrogens with one attached hydrogen (secondary N) is 4. The molecule has 0 radical (unpaired) electrons. The summed E-state index contributed by atoms with van der Waals surface area (Å²) < 4.78 is 18.4. The summed E-state index contributed by atoms with van der Waals surface area (Å²) in [6.07, 6.45) is 2.14. The first-order valence-corrected chi connectivity index (χ1v) is 10.2. The molecule has 0 amide bonds. The van der Waals surface area contributed by atoms with Crippen LogP contribution in [0.2, 0.25) is 0 Å². The first kappa shape index (κ1) is 20.4. The van der Waals surface area contributed by atoms with E-state index in [1.807, 2.05) is 0 Å². The number of halogens is 2. The highest BCUT2D eigenvalue weighted by molar-refractivity contribution is 9.10. The van der Waals surface area contributed by atoms with Gasteiger partial charge in [0.2, 0.25) is 5.84 Å². The van der Waals surface area contributed by atoms with Gasteiger partial charge in [-0.25, -0.2) is 9.02 Å². The number of oxime groups is 1. The van der Waals surface area contributed by atoms with E-state index in [1.165, 1.54) is 30.0 Å². The summed E-state index contributed by atoms with van der Waals surface area (Å²) in [6.45, 7) is 2.61. The Morgan fingerprint density at radius 1 is 1.46 bits per heavy atom. The Kier molecular flexibility index (Phi) is 6.39. The van der Waals surface area contributed by atoms with Crippen molar-refractivity contribution in [1.29, 1.82) is 5.41 Å². The van der Waals surface area contributed by atoms with Crippen molar-refractivity contribution in [2.24, 2.45) is 5.16 Å². The minimum absolute atomic E-state index is 0.0197. The molecular formula is C16H19BrFN7O2S. The van der Waals surface area contributed by atoms with Crippen molar-refractivity contribution in [2.45, 2.75) is 30.3 Å². The molecule has 1 fully saturated rings. The van der Waals surface area contributed by atoms with Crippen molar-refractivity contribution in [3.8, 4) is 0 Å². The van der Waals surface area contributed by atoms with Gasteiger partial charge in [0.1, 0.15) is 5.82 Å². The first-order chi connectivity index (χ1) is 13.4. The Labute approximate surface area is 173 Å². The lowest BCUT2D eigenvalue weighted by atomic mass is 10.3. The van der Waals surface area contributed by atoms with Crippen LogP contribution in [0.15, 0.2) is 37.5 Å². The van der Waals surface area contributed by atoms with Gasteiger partial charge in [0.05, 0.1) is 4.47 Å². The molecule has 1 aromatic carbocycles. The number of guanidine groups is 1. The predicted molar refractivity (Wildman–Crippen MR) is 108 cm³/mol. The summed E-state index contributed by atoms with van der Waals surface area (Å²) in [4.78, 5) is 0. The summed E-state index contributed by atoms with van der Waals surface area (Å²) in [7, 11) is 0. The molecule has 0 atom stereocenters. The highest BCUT2D eigenvalue weighted by atomic mass is 79.9. The molecule has 1 aliphatic rings. The van der Waals surface area contributed by atoms with Gasteiger partial charge in [-0.3, -0.25) is 5.41 Å². The zero-order valence-electron chi connectivity index (χ0n) is 14.9. The van der Waals surface area contributed by atoms with Gasteiger partial charge in [0.25, 0.3) is 0 Å². The van der Waals surface area contributed by atoms with Crippen molar-refractivity contribution in [2.75, 3.05) is 17.6 Å². The van der Waals surface area contributed by atoms with Gasteiger partial charge >= 0.3 is 0 Å². The van der Waals surface area contributed by atoms with E-state index in [0.717, 1.165) is 12.8 Å². The van der Waals surface area contributed by atoms with Crippen LogP contribution in [0.3, 0.4) is 0 Å².